The summed E-state index contributed by atoms with van der Waals surface area (Å²) in [6, 6.07) is 0.741. The van der Waals surface area contributed by atoms with E-state index >= 15 is 0 Å². The molecule has 3 rings (SSSR count). The molecule has 0 N–H and O–H groups in total. The van der Waals surface area contributed by atoms with Crippen LogP contribution in [-0.2, 0) is 7.05 Å². The summed E-state index contributed by atoms with van der Waals surface area (Å²) in [5, 5.41) is 3.29. The molecule has 2 heterocycles. The van der Waals surface area contributed by atoms with Crippen LogP contribution in [-0.4, -0.2) is 31.9 Å². The number of rotatable bonds is 2. The first-order valence-corrected chi connectivity index (χ1v) is 7.28. The number of alkyl halides is 3. The Hall–Kier alpha value is -2.56. The maximum Gasteiger partial charge on any atom is 0.408 e. The number of hydrogen-bond acceptors (Lipinski definition) is 3. The van der Waals surface area contributed by atoms with Gasteiger partial charge in [-0.1, -0.05) is 11.6 Å². The second kappa shape index (κ2) is 6.31. The van der Waals surface area contributed by atoms with Crippen molar-refractivity contribution in [3.8, 4) is 11.1 Å². The predicted molar refractivity (Wildman–Crippen MR) is 78.8 cm³/mol. The number of hydrogen-bond donors (Lipinski definition) is 0. The van der Waals surface area contributed by atoms with E-state index < -0.39 is 51.9 Å². The molecular formula is C14H8ClF6N5. The molecule has 3 aromatic rings. The highest BCUT2D eigenvalue weighted by atomic mass is 35.5. The molecule has 5 nitrogen and oxygen atoms in total. The Balaban J connectivity index is 2.44. The zero-order chi connectivity index (χ0) is 19.2. The second-order valence-corrected chi connectivity index (χ2v) is 5.59. The topological polar surface area (TPSA) is 47.5 Å². The number of halogens is 7. The van der Waals surface area contributed by atoms with Crippen LogP contribution in [0.2, 0.25) is 5.15 Å². The van der Waals surface area contributed by atoms with E-state index in [1.165, 1.54) is 17.9 Å². The maximum absolute atomic E-state index is 14.2. The van der Waals surface area contributed by atoms with Crippen LogP contribution in [0.15, 0.2) is 23.5 Å². The molecule has 0 saturated heterocycles. The summed E-state index contributed by atoms with van der Waals surface area (Å²) in [5.74, 6) is -3.95. The molecule has 138 valence electrons. The fourth-order valence-electron chi connectivity index (χ4n) is 2.31. The monoisotopic (exact) mass is 395 g/mol. The first kappa shape index (κ1) is 18.2. The molecule has 2 aromatic heterocycles. The van der Waals surface area contributed by atoms with Gasteiger partial charge in [-0.15, -0.1) is 0 Å². The molecule has 0 aliphatic heterocycles. The van der Waals surface area contributed by atoms with Gasteiger partial charge in [-0.3, -0.25) is 4.99 Å². The van der Waals surface area contributed by atoms with E-state index in [0.717, 1.165) is 4.52 Å². The van der Waals surface area contributed by atoms with Gasteiger partial charge in [0.05, 0.1) is 11.1 Å². The lowest BCUT2D eigenvalue weighted by Crippen LogP contribution is -2.25. The van der Waals surface area contributed by atoms with Crippen molar-refractivity contribution >= 4 is 17.4 Å². The molecule has 0 bridgehead atoms. The maximum atomic E-state index is 14.2. The lowest BCUT2D eigenvalue weighted by atomic mass is 10.1. The van der Waals surface area contributed by atoms with E-state index in [0.29, 0.717) is 12.1 Å². The highest BCUT2D eigenvalue weighted by molar-refractivity contribution is 6.32. The molecular weight excluding hydrogens is 388 g/mol. The summed E-state index contributed by atoms with van der Waals surface area (Å²) < 4.78 is 81.5. The fraction of sp³-hybridized carbons (Fsp3) is 0.214. The predicted octanol–water partition coefficient (Wildman–Crippen LogP) is 3.27. The van der Waals surface area contributed by atoms with Gasteiger partial charge in [-0.25, -0.2) is 13.2 Å². The van der Waals surface area contributed by atoms with Crippen molar-refractivity contribution in [2.24, 2.45) is 12.0 Å². The van der Waals surface area contributed by atoms with E-state index in [4.69, 9.17) is 11.6 Å². The Kier molecular flexibility index (Phi) is 4.42. The largest absolute Gasteiger partial charge is 0.408 e. The molecule has 0 saturated carbocycles. The number of nitrogens with zero attached hydrogens (tertiary/aromatic N) is 5. The smallest absolute Gasteiger partial charge is 0.303 e. The first-order valence-electron chi connectivity index (χ1n) is 6.90. The summed E-state index contributed by atoms with van der Waals surface area (Å²) in [7, 11) is 1.48. The standard InChI is InChI=1S/C14H8ClF6N5/c1-25-5-23-26-12(22-4-14(19,20)21)10(11(15)24-13(25)26)9-7(17)2-6(16)3-8(9)18/h2-3,5H,4H2,1H3. The normalized spacial score (nSPS) is 13.0. The van der Waals surface area contributed by atoms with Gasteiger partial charge in [0.2, 0.25) is 5.78 Å². The Morgan fingerprint density at radius 1 is 1.12 bits per heavy atom. The van der Waals surface area contributed by atoms with E-state index in [1.807, 2.05) is 0 Å². The van der Waals surface area contributed by atoms with Gasteiger partial charge in [0.1, 0.15) is 35.5 Å². The Labute approximate surface area is 146 Å². The van der Waals surface area contributed by atoms with Gasteiger partial charge in [-0.05, 0) is 0 Å². The number of aryl methyl sites for hydroxylation is 1. The first-order chi connectivity index (χ1) is 12.1. The minimum Gasteiger partial charge on any atom is -0.303 e. The van der Waals surface area contributed by atoms with Crippen LogP contribution >= 0.6 is 11.6 Å². The highest BCUT2D eigenvalue weighted by Gasteiger charge is 2.28. The van der Waals surface area contributed by atoms with Gasteiger partial charge < -0.3 is 4.57 Å². The molecule has 0 aliphatic rings. The van der Waals surface area contributed by atoms with Crippen molar-refractivity contribution in [3.05, 3.63) is 46.6 Å². The molecule has 0 amide bonds. The fourth-order valence-corrected chi connectivity index (χ4v) is 2.56. The van der Waals surface area contributed by atoms with E-state index in [-0.39, 0.29) is 5.78 Å². The average Bonchev–Trinajstić information content (AvgIpc) is 2.85. The van der Waals surface area contributed by atoms with Gasteiger partial charge >= 0.3 is 6.18 Å². The van der Waals surface area contributed by atoms with Crippen LogP contribution in [0.5, 0.6) is 0 Å². The number of fused-ring (bicyclic) bond motifs is 1. The summed E-state index contributed by atoms with van der Waals surface area (Å²) in [6.45, 7) is -1.65. The van der Waals surface area contributed by atoms with Crippen LogP contribution in [0.25, 0.3) is 16.9 Å². The van der Waals surface area contributed by atoms with Crippen molar-refractivity contribution in [3.63, 3.8) is 0 Å². The van der Waals surface area contributed by atoms with Crippen LogP contribution < -0.4 is 5.49 Å². The molecule has 0 unspecified atom stereocenters. The minimum atomic E-state index is -4.69. The summed E-state index contributed by atoms with van der Waals surface area (Å²) in [5.41, 5.74) is -1.99. The van der Waals surface area contributed by atoms with Crippen LogP contribution in [0, 0.1) is 17.5 Å². The summed E-state index contributed by atoms with van der Waals surface area (Å²) in [6.07, 6.45) is -3.49. The Morgan fingerprint density at radius 3 is 2.31 bits per heavy atom. The molecule has 0 aliphatic carbocycles. The molecule has 26 heavy (non-hydrogen) atoms. The SMILES string of the molecule is Cn1cnn2c(=NCC(F)(F)F)c(-c3c(F)cc(F)cc3F)c(Cl)nc12. The third-order valence-electron chi connectivity index (χ3n) is 3.34. The zero-order valence-electron chi connectivity index (χ0n) is 12.8. The van der Waals surface area contributed by atoms with Crippen molar-refractivity contribution in [2.75, 3.05) is 6.54 Å². The molecule has 0 fully saturated rings. The molecule has 0 atom stereocenters. The third-order valence-corrected chi connectivity index (χ3v) is 3.61. The van der Waals surface area contributed by atoms with Gasteiger partial charge in [0.25, 0.3) is 0 Å². The van der Waals surface area contributed by atoms with Crippen LogP contribution in [0.4, 0.5) is 26.3 Å². The molecule has 12 heteroatoms. The minimum absolute atomic E-state index is 0.0115. The zero-order valence-corrected chi connectivity index (χ0v) is 13.6. The summed E-state index contributed by atoms with van der Waals surface area (Å²) >= 11 is 5.97. The second-order valence-electron chi connectivity index (χ2n) is 5.23. The van der Waals surface area contributed by atoms with E-state index in [9.17, 15) is 26.3 Å². The summed E-state index contributed by atoms with van der Waals surface area (Å²) in [4.78, 5) is 7.25. The van der Waals surface area contributed by atoms with Crippen LogP contribution in [0.1, 0.15) is 0 Å². The average molecular weight is 396 g/mol. The highest BCUT2D eigenvalue weighted by Crippen LogP contribution is 2.29. The molecule has 1 aromatic carbocycles. The van der Waals surface area contributed by atoms with Crippen molar-refractivity contribution in [1.29, 1.82) is 0 Å². The van der Waals surface area contributed by atoms with Crippen molar-refractivity contribution < 1.29 is 26.3 Å². The molecule has 0 radical (unpaired) electrons. The van der Waals surface area contributed by atoms with Gasteiger partial charge in [-0.2, -0.15) is 27.8 Å². The third kappa shape index (κ3) is 3.26. The van der Waals surface area contributed by atoms with E-state index in [2.05, 4.69) is 15.1 Å². The Bertz CT molecular complexity index is 1050. The van der Waals surface area contributed by atoms with E-state index in [1.54, 1.807) is 0 Å². The number of benzene rings is 1. The van der Waals surface area contributed by atoms with Gasteiger partial charge in [0, 0.05) is 19.2 Å². The lowest BCUT2D eigenvalue weighted by Gasteiger charge is -2.10. The molecule has 0 spiro atoms. The van der Waals surface area contributed by atoms with Crippen molar-refractivity contribution in [2.45, 2.75) is 6.18 Å². The number of aromatic nitrogens is 4. The van der Waals surface area contributed by atoms with Crippen molar-refractivity contribution in [1.82, 2.24) is 19.2 Å². The quantitative estimate of drug-likeness (QED) is 0.494. The van der Waals surface area contributed by atoms with Crippen LogP contribution in [0.3, 0.4) is 0 Å². The lowest BCUT2D eigenvalue weighted by molar-refractivity contribution is -0.118. The Morgan fingerprint density at radius 2 is 1.73 bits per heavy atom. The van der Waals surface area contributed by atoms with Gasteiger partial charge in [0.15, 0.2) is 5.49 Å².